The SMILES string of the molecule is COc1cc(/C=C/C(=O)O[C@@H]2[C@@H](O)[C@@H](CO)O[C@]2(COC(=O)/C=C/c2cc(OC)c(O)c(OC)c2)O[C@H]2O[C@@H](CO)[C@H](O)[C@@H](O)[C@@H]2O)ccc1O. The normalized spacial score (nSPS) is 29.3. The lowest BCUT2D eigenvalue weighted by atomic mass is 9.99. The summed E-state index contributed by atoms with van der Waals surface area (Å²) >= 11 is 0. The highest BCUT2D eigenvalue weighted by atomic mass is 16.8. The third-order valence-electron chi connectivity index (χ3n) is 8.01. The Kier molecular flexibility index (Phi) is 13.2. The molecule has 4 rings (SSSR count). The molecular weight excluding hydrogens is 684 g/mol. The van der Waals surface area contributed by atoms with Gasteiger partial charge in [-0.2, -0.15) is 0 Å². The molecule has 0 spiro atoms. The maximum absolute atomic E-state index is 13.1. The van der Waals surface area contributed by atoms with Gasteiger partial charge in [0.15, 0.2) is 35.4 Å². The fourth-order valence-electron chi connectivity index (χ4n) is 5.28. The minimum absolute atomic E-state index is 0.0425. The van der Waals surface area contributed by atoms with Gasteiger partial charge in [0, 0.05) is 12.2 Å². The molecule has 2 saturated heterocycles. The third kappa shape index (κ3) is 8.87. The van der Waals surface area contributed by atoms with E-state index in [4.69, 9.17) is 37.9 Å². The van der Waals surface area contributed by atoms with Gasteiger partial charge in [-0.15, -0.1) is 0 Å². The van der Waals surface area contributed by atoms with Crippen LogP contribution >= 0.6 is 0 Å². The van der Waals surface area contributed by atoms with Crippen molar-refractivity contribution in [2.75, 3.05) is 41.2 Å². The molecule has 2 aromatic carbocycles. The number of benzene rings is 2. The van der Waals surface area contributed by atoms with E-state index in [-0.39, 0.29) is 28.7 Å². The minimum atomic E-state index is -2.54. The van der Waals surface area contributed by atoms with Crippen molar-refractivity contribution < 1.29 is 88.3 Å². The van der Waals surface area contributed by atoms with Crippen LogP contribution in [0.5, 0.6) is 28.7 Å². The number of ether oxygens (including phenoxy) is 8. The van der Waals surface area contributed by atoms with E-state index < -0.39 is 86.6 Å². The molecule has 0 amide bonds. The van der Waals surface area contributed by atoms with Crippen LogP contribution in [0.4, 0.5) is 0 Å². The number of aliphatic hydroxyl groups excluding tert-OH is 6. The second-order valence-electron chi connectivity index (χ2n) is 11.3. The van der Waals surface area contributed by atoms with Gasteiger partial charge in [-0.05, 0) is 47.5 Å². The second kappa shape index (κ2) is 17.1. The molecule has 51 heavy (non-hydrogen) atoms. The summed E-state index contributed by atoms with van der Waals surface area (Å²) in [5, 5.41) is 82.1. The van der Waals surface area contributed by atoms with Gasteiger partial charge in [-0.25, -0.2) is 9.59 Å². The molecule has 2 aliphatic rings. The molecular formula is C33H40O18. The van der Waals surface area contributed by atoms with E-state index in [2.05, 4.69) is 0 Å². The lowest BCUT2D eigenvalue weighted by Gasteiger charge is -2.43. The van der Waals surface area contributed by atoms with Crippen molar-refractivity contribution >= 4 is 24.1 Å². The first-order chi connectivity index (χ1) is 24.3. The summed E-state index contributed by atoms with van der Waals surface area (Å²) in [6.07, 6.45) is -9.92. The Bertz CT molecular complexity index is 1550. The van der Waals surface area contributed by atoms with E-state index in [1.807, 2.05) is 0 Å². The number of esters is 2. The number of methoxy groups -OCH3 is 3. The van der Waals surface area contributed by atoms with Gasteiger partial charge in [0.05, 0.1) is 34.5 Å². The summed E-state index contributed by atoms with van der Waals surface area (Å²) in [7, 11) is 3.95. The number of hydrogen-bond donors (Lipinski definition) is 8. The van der Waals surface area contributed by atoms with Crippen molar-refractivity contribution in [3.8, 4) is 28.7 Å². The van der Waals surface area contributed by atoms with Crippen molar-refractivity contribution in [1.82, 2.24) is 0 Å². The summed E-state index contributed by atoms with van der Waals surface area (Å²) in [6.45, 7) is -2.69. The van der Waals surface area contributed by atoms with Gasteiger partial charge in [-0.1, -0.05) is 6.07 Å². The predicted octanol–water partition coefficient (Wildman–Crippen LogP) is -1.43. The smallest absolute Gasteiger partial charge is 0.331 e. The molecule has 2 aromatic rings. The van der Waals surface area contributed by atoms with Crippen molar-refractivity contribution in [3.05, 3.63) is 53.6 Å². The molecule has 0 unspecified atom stereocenters. The Hall–Kier alpha value is -4.50. The number of phenolic OH excluding ortho intramolecular Hbond substituents is 2. The van der Waals surface area contributed by atoms with E-state index >= 15 is 0 Å². The molecule has 9 atom stereocenters. The molecule has 0 aromatic heterocycles. The van der Waals surface area contributed by atoms with Crippen LogP contribution in [0.2, 0.25) is 0 Å². The van der Waals surface area contributed by atoms with E-state index in [0.717, 1.165) is 12.2 Å². The van der Waals surface area contributed by atoms with Crippen LogP contribution in [0.25, 0.3) is 12.2 Å². The van der Waals surface area contributed by atoms with E-state index in [1.165, 1.54) is 63.8 Å². The Morgan fingerprint density at radius 1 is 0.765 bits per heavy atom. The standard InChI is InChI=1S/C33H40O18/c1-44-19-10-16(4-7-18(19)36)5-9-25(38)49-31-28(41)23(14-35)50-33(31,51-32-30(43)29(42)27(40)22(13-34)48-32)15-47-24(37)8-6-17-11-20(45-2)26(39)21(12-17)46-3/h4-12,22-23,27-32,34-36,39-43H,13-15H2,1-3H3/b8-6+,9-5+/t22-,23+,27-,28-,29+,30-,31+,32+,33+/m0/s1. The Morgan fingerprint density at radius 2 is 1.35 bits per heavy atom. The number of carbonyl (C=O) groups excluding carboxylic acids is 2. The molecule has 0 saturated carbocycles. The van der Waals surface area contributed by atoms with Crippen molar-refractivity contribution in [3.63, 3.8) is 0 Å². The first-order valence-electron chi connectivity index (χ1n) is 15.3. The lowest BCUT2D eigenvalue weighted by Crippen LogP contribution is -2.63. The van der Waals surface area contributed by atoms with Gasteiger partial charge in [0.1, 0.15) is 43.2 Å². The zero-order valence-electron chi connectivity index (χ0n) is 27.6. The molecule has 18 nitrogen and oxygen atoms in total. The summed E-state index contributed by atoms with van der Waals surface area (Å²) in [4.78, 5) is 26.0. The molecule has 2 fully saturated rings. The monoisotopic (exact) mass is 724 g/mol. The van der Waals surface area contributed by atoms with Crippen LogP contribution in [0, 0.1) is 0 Å². The average Bonchev–Trinajstić information content (AvgIpc) is 3.39. The van der Waals surface area contributed by atoms with Crippen LogP contribution in [0.1, 0.15) is 11.1 Å². The molecule has 8 N–H and O–H groups in total. The van der Waals surface area contributed by atoms with Gasteiger partial charge < -0.3 is 78.7 Å². The Morgan fingerprint density at radius 3 is 1.96 bits per heavy atom. The molecule has 2 aliphatic heterocycles. The summed E-state index contributed by atoms with van der Waals surface area (Å²) < 4.78 is 43.2. The van der Waals surface area contributed by atoms with Crippen LogP contribution in [0.15, 0.2) is 42.5 Å². The number of phenols is 2. The molecule has 2 heterocycles. The molecule has 18 heteroatoms. The minimum Gasteiger partial charge on any atom is -0.504 e. The van der Waals surface area contributed by atoms with E-state index in [9.17, 15) is 50.4 Å². The molecule has 0 bridgehead atoms. The lowest BCUT2D eigenvalue weighted by molar-refractivity contribution is -0.383. The zero-order chi connectivity index (χ0) is 37.5. The van der Waals surface area contributed by atoms with E-state index in [1.54, 1.807) is 0 Å². The number of hydrogen-bond acceptors (Lipinski definition) is 18. The van der Waals surface area contributed by atoms with Crippen molar-refractivity contribution in [2.24, 2.45) is 0 Å². The van der Waals surface area contributed by atoms with E-state index in [0.29, 0.717) is 11.1 Å². The Balaban J connectivity index is 1.64. The molecule has 280 valence electrons. The number of aliphatic hydroxyl groups is 6. The van der Waals surface area contributed by atoms with Crippen LogP contribution in [0.3, 0.4) is 0 Å². The first kappa shape index (κ1) is 39.3. The maximum Gasteiger partial charge on any atom is 0.331 e. The number of carbonyl (C=O) groups is 2. The molecule has 0 radical (unpaired) electrons. The topological polar surface area (TPSA) is 270 Å². The van der Waals surface area contributed by atoms with Crippen LogP contribution in [-0.4, -0.2) is 149 Å². The summed E-state index contributed by atoms with van der Waals surface area (Å²) in [5.74, 6) is -4.92. The quantitative estimate of drug-likeness (QED) is 0.0819. The van der Waals surface area contributed by atoms with Gasteiger partial charge in [0.25, 0.3) is 0 Å². The second-order valence-corrected chi connectivity index (χ2v) is 11.3. The van der Waals surface area contributed by atoms with Crippen molar-refractivity contribution in [1.29, 1.82) is 0 Å². The first-order valence-corrected chi connectivity index (χ1v) is 15.3. The van der Waals surface area contributed by atoms with Gasteiger partial charge in [-0.3, -0.25) is 0 Å². The fourth-order valence-corrected chi connectivity index (χ4v) is 5.28. The highest BCUT2D eigenvalue weighted by molar-refractivity contribution is 5.88. The van der Waals surface area contributed by atoms with Crippen molar-refractivity contribution in [2.45, 2.75) is 54.8 Å². The zero-order valence-corrected chi connectivity index (χ0v) is 27.6. The number of aromatic hydroxyl groups is 2. The van der Waals surface area contributed by atoms with Gasteiger partial charge >= 0.3 is 11.9 Å². The summed E-state index contributed by atoms with van der Waals surface area (Å²) in [6, 6.07) is 6.98. The number of rotatable bonds is 14. The Labute approximate surface area is 290 Å². The maximum atomic E-state index is 13.1. The predicted molar refractivity (Wildman–Crippen MR) is 170 cm³/mol. The highest BCUT2D eigenvalue weighted by Crippen LogP contribution is 2.40. The van der Waals surface area contributed by atoms with Crippen LogP contribution < -0.4 is 14.2 Å². The van der Waals surface area contributed by atoms with Gasteiger partial charge in [0.2, 0.25) is 11.5 Å². The average molecular weight is 725 g/mol. The third-order valence-corrected chi connectivity index (χ3v) is 8.01. The molecule has 0 aliphatic carbocycles. The summed E-state index contributed by atoms with van der Waals surface area (Å²) in [5.41, 5.74) is 0.731. The largest absolute Gasteiger partial charge is 0.504 e. The fraction of sp³-hybridized carbons (Fsp3) is 0.455. The van der Waals surface area contributed by atoms with Crippen LogP contribution in [-0.2, 0) is 33.3 Å². The highest BCUT2D eigenvalue weighted by Gasteiger charge is 2.61.